The number of nitrogens with zero attached hydrogens (tertiary/aromatic N) is 2. The van der Waals surface area contributed by atoms with Crippen molar-refractivity contribution in [2.24, 2.45) is 0 Å². The number of ether oxygens (including phenoxy) is 2. The third-order valence-corrected chi connectivity index (χ3v) is 3.33. The van der Waals surface area contributed by atoms with E-state index >= 15 is 0 Å². The van der Waals surface area contributed by atoms with E-state index in [1.165, 1.54) is 0 Å². The molecular formula is C19H18N2O3. The van der Waals surface area contributed by atoms with Crippen LogP contribution in [0.4, 0.5) is 0 Å². The maximum absolute atomic E-state index is 11.8. The van der Waals surface area contributed by atoms with E-state index in [2.05, 4.69) is 11.4 Å². The number of carbonyl (C=O) groups excluding carboxylic acids is 1. The standard InChI is InChI=1S/C19H18N2O3/c1-2-13-23-18(15-9-5-3-6-10-15)19(24-17(22)14-21-20)16-11-7-4-8-12-16/h2-12,14,18-19H,1,13H2/t18-,19-/m1/s1. The Bertz CT molecular complexity index is 710. The fourth-order valence-corrected chi connectivity index (χ4v) is 2.32. The summed E-state index contributed by atoms with van der Waals surface area (Å²) in [5.41, 5.74) is 10.2. The molecule has 0 unspecified atom stereocenters. The first-order valence-corrected chi connectivity index (χ1v) is 7.46. The van der Waals surface area contributed by atoms with Crippen molar-refractivity contribution < 1.29 is 19.1 Å². The fourth-order valence-electron chi connectivity index (χ4n) is 2.32. The molecule has 24 heavy (non-hydrogen) atoms. The maximum atomic E-state index is 11.8. The molecule has 0 saturated carbocycles. The van der Waals surface area contributed by atoms with E-state index in [9.17, 15) is 4.79 Å². The van der Waals surface area contributed by atoms with Crippen molar-refractivity contribution in [2.75, 3.05) is 6.61 Å². The average molecular weight is 322 g/mol. The zero-order valence-electron chi connectivity index (χ0n) is 13.1. The summed E-state index contributed by atoms with van der Waals surface area (Å²) in [6.07, 6.45) is 1.13. The predicted octanol–water partition coefficient (Wildman–Crippen LogP) is 3.52. The van der Waals surface area contributed by atoms with Crippen LogP contribution in [0, 0.1) is 0 Å². The van der Waals surface area contributed by atoms with Crippen LogP contribution in [0.15, 0.2) is 73.3 Å². The van der Waals surface area contributed by atoms with Crippen molar-refractivity contribution in [1.29, 1.82) is 0 Å². The number of rotatable bonds is 8. The quantitative estimate of drug-likeness (QED) is 0.245. The molecule has 5 nitrogen and oxygen atoms in total. The Morgan fingerprint density at radius 3 is 2.08 bits per heavy atom. The van der Waals surface area contributed by atoms with E-state index in [-0.39, 0.29) is 0 Å². The van der Waals surface area contributed by atoms with E-state index in [1.807, 2.05) is 60.7 Å². The third kappa shape index (κ3) is 4.74. The summed E-state index contributed by atoms with van der Waals surface area (Å²) >= 11 is 0. The van der Waals surface area contributed by atoms with Crippen molar-refractivity contribution >= 4 is 12.2 Å². The normalized spacial score (nSPS) is 12.5. The van der Waals surface area contributed by atoms with Crippen molar-refractivity contribution in [1.82, 2.24) is 0 Å². The van der Waals surface area contributed by atoms with Crippen LogP contribution in [0.1, 0.15) is 23.3 Å². The molecule has 0 heterocycles. The minimum Gasteiger partial charge on any atom is -0.446 e. The van der Waals surface area contributed by atoms with Gasteiger partial charge in [0.1, 0.15) is 6.10 Å². The summed E-state index contributed by atoms with van der Waals surface area (Å²) in [6, 6.07) is 18.8. The second-order valence-corrected chi connectivity index (χ2v) is 4.97. The molecule has 2 aromatic carbocycles. The monoisotopic (exact) mass is 322 g/mol. The molecule has 0 fully saturated rings. The van der Waals surface area contributed by atoms with Crippen LogP contribution in [-0.2, 0) is 14.3 Å². The minimum atomic E-state index is -0.755. The zero-order chi connectivity index (χ0) is 17.2. The minimum absolute atomic E-state index is 0.300. The molecular weight excluding hydrogens is 304 g/mol. The molecule has 2 aromatic rings. The number of esters is 1. The lowest BCUT2D eigenvalue weighted by molar-refractivity contribution is -0.153. The number of hydrogen-bond acceptors (Lipinski definition) is 3. The van der Waals surface area contributed by atoms with Crippen LogP contribution in [0.25, 0.3) is 5.53 Å². The molecule has 0 saturated heterocycles. The van der Waals surface area contributed by atoms with Gasteiger partial charge in [-0.1, -0.05) is 66.7 Å². The molecule has 0 amide bonds. The summed E-state index contributed by atoms with van der Waals surface area (Å²) in [5.74, 6) is -0.755. The first kappa shape index (κ1) is 17.3. The van der Waals surface area contributed by atoms with Gasteiger partial charge in [-0.05, 0) is 11.1 Å². The number of benzene rings is 2. The second kappa shape index (κ2) is 9.20. The Balaban J connectivity index is 2.41. The van der Waals surface area contributed by atoms with Gasteiger partial charge in [0, 0.05) is 0 Å². The highest BCUT2D eigenvalue weighted by Crippen LogP contribution is 2.35. The maximum Gasteiger partial charge on any atom is 0.414 e. The molecule has 5 heteroatoms. The number of carbonyl (C=O) groups is 1. The van der Waals surface area contributed by atoms with Gasteiger partial charge in [-0.3, -0.25) is 0 Å². The molecule has 0 aromatic heterocycles. The van der Waals surface area contributed by atoms with Crippen molar-refractivity contribution in [3.63, 3.8) is 0 Å². The summed E-state index contributed by atoms with van der Waals surface area (Å²) in [5, 5.41) is 0. The van der Waals surface area contributed by atoms with Gasteiger partial charge in [-0.15, -0.1) is 6.58 Å². The SMILES string of the molecule is C=CCO[C@H](c1ccccc1)[C@H](OC(=O)C=[N+]=[N-])c1ccccc1. The van der Waals surface area contributed by atoms with Gasteiger partial charge in [0.05, 0.1) is 6.61 Å². The van der Waals surface area contributed by atoms with Crippen molar-refractivity contribution in [2.45, 2.75) is 12.2 Å². The van der Waals surface area contributed by atoms with E-state index in [0.717, 1.165) is 11.1 Å². The highest BCUT2D eigenvalue weighted by Gasteiger charge is 2.29. The lowest BCUT2D eigenvalue weighted by Crippen LogP contribution is -2.21. The summed E-state index contributed by atoms with van der Waals surface area (Å²) < 4.78 is 11.4. The molecule has 0 radical (unpaired) electrons. The Morgan fingerprint density at radius 1 is 1.04 bits per heavy atom. The summed E-state index contributed by atoms with van der Waals surface area (Å²) in [4.78, 5) is 14.5. The van der Waals surface area contributed by atoms with Crippen molar-refractivity contribution in [3.05, 3.63) is 90.0 Å². The first-order valence-electron chi connectivity index (χ1n) is 7.46. The average Bonchev–Trinajstić information content (AvgIpc) is 2.63. The molecule has 0 aliphatic heterocycles. The van der Waals surface area contributed by atoms with E-state index < -0.39 is 18.2 Å². The van der Waals surface area contributed by atoms with Crippen LogP contribution in [-0.4, -0.2) is 23.6 Å². The lowest BCUT2D eigenvalue weighted by Gasteiger charge is -2.27. The fraction of sp³-hybridized carbons (Fsp3) is 0.158. The summed E-state index contributed by atoms with van der Waals surface area (Å²) in [6.45, 7) is 3.96. The Kier molecular flexibility index (Phi) is 6.65. The Labute approximate surface area is 140 Å². The molecule has 0 spiro atoms. The van der Waals surface area contributed by atoms with Gasteiger partial charge >= 0.3 is 12.2 Å². The molecule has 2 atom stereocenters. The smallest absolute Gasteiger partial charge is 0.414 e. The molecule has 0 aliphatic rings. The molecule has 122 valence electrons. The lowest BCUT2D eigenvalue weighted by atomic mass is 9.98. The molecule has 0 bridgehead atoms. The van der Waals surface area contributed by atoms with Crippen LogP contribution in [0.2, 0.25) is 0 Å². The van der Waals surface area contributed by atoms with E-state index in [1.54, 1.807) is 6.08 Å². The zero-order valence-corrected chi connectivity index (χ0v) is 13.1. The second-order valence-electron chi connectivity index (χ2n) is 4.97. The van der Waals surface area contributed by atoms with Gasteiger partial charge < -0.3 is 15.0 Å². The van der Waals surface area contributed by atoms with Crippen LogP contribution >= 0.6 is 0 Å². The van der Waals surface area contributed by atoms with Gasteiger partial charge in [-0.2, -0.15) is 4.79 Å². The van der Waals surface area contributed by atoms with Gasteiger partial charge in [-0.25, -0.2) is 4.79 Å². The van der Waals surface area contributed by atoms with Gasteiger partial charge in [0.2, 0.25) is 0 Å². The molecule has 0 N–H and O–H groups in total. The Morgan fingerprint density at radius 2 is 1.58 bits per heavy atom. The largest absolute Gasteiger partial charge is 0.446 e. The predicted molar refractivity (Wildman–Crippen MR) is 90.3 cm³/mol. The van der Waals surface area contributed by atoms with Crippen molar-refractivity contribution in [3.8, 4) is 0 Å². The molecule has 2 rings (SSSR count). The summed E-state index contributed by atoms with van der Waals surface area (Å²) in [7, 11) is 0. The van der Waals surface area contributed by atoms with E-state index in [0.29, 0.717) is 12.8 Å². The third-order valence-electron chi connectivity index (χ3n) is 3.33. The van der Waals surface area contributed by atoms with Crippen LogP contribution in [0.3, 0.4) is 0 Å². The van der Waals surface area contributed by atoms with Crippen LogP contribution < -0.4 is 0 Å². The first-order chi connectivity index (χ1) is 11.8. The number of hydrogen-bond donors (Lipinski definition) is 0. The highest BCUT2D eigenvalue weighted by atomic mass is 16.6. The van der Waals surface area contributed by atoms with E-state index in [4.69, 9.17) is 15.0 Å². The van der Waals surface area contributed by atoms with Gasteiger partial charge in [0.25, 0.3) is 0 Å². The highest BCUT2D eigenvalue weighted by molar-refractivity contribution is 6.20. The Hall–Kier alpha value is -3.01. The van der Waals surface area contributed by atoms with Crippen LogP contribution in [0.5, 0.6) is 0 Å². The van der Waals surface area contributed by atoms with Gasteiger partial charge in [0.15, 0.2) is 6.10 Å². The molecule has 0 aliphatic carbocycles. The topological polar surface area (TPSA) is 71.9 Å².